The maximum absolute atomic E-state index is 10.3. The highest BCUT2D eigenvalue weighted by Gasteiger charge is 2.18. The summed E-state index contributed by atoms with van der Waals surface area (Å²) >= 11 is 0. The minimum Gasteiger partial charge on any atom is -0.308 e. The molecular weight excluding hydrogens is 576 g/mol. The van der Waals surface area contributed by atoms with Crippen LogP contribution in [0.5, 0.6) is 0 Å². The highest BCUT2D eigenvalue weighted by molar-refractivity contribution is 6.10. The number of fused-ring (bicyclic) bond motifs is 3. The van der Waals surface area contributed by atoms with E-state index in [1.807, 2.05) is 115 Å². The van der Waals surface area contributed by atoms with Crippen molar-refractivity contribution in [2.24, 2.45) is 0 Å². The van der Waals surface area contributed by atoms with Crippen molar-refractivity contribution in [3.63, 3.8) is 0 Å². The van der Waals surface area contributed by atoms with E-state index < -0.39 is 0 Å². The van der Waals surface area contributed by atoms with E-state index in [1.54, 1.807) is 0 Å². The van der Waals surface area contributed by atoms with Crippen LogP contribution in [0.15, 0.2) is 146 Å². The normalized spacial score (nSPS) is 10.9. The van der Waals surface area contributed by atoms with Crippen LogP contribution in [-0.4, -0.2) is 19.5 Å². The Hall–Kier alpha value is -6.89. The largest absolute Gasteiger partial charge is 0.308 e. The predicted octanol–water partition coefficient (Wildman–Crippen LogP) is 9.38. The third-order valence-corrected chi connectivity index (χ3v) is 8.34. The summed E-state index contributed by atoms with van der Waals surface area (Å²) < 4.78 is 2.15. The highest BCUT2D eigenvalue weighted by Crippen LogP contribution is 2.37. The maximum Gasteiger partial charge on any atom is 0.164 e. The van der Waals surface area contributed by atoms with E-state index >= 15 is 0 Å². The Morgan fingerprint density at radius 1 is 0.426 bits per heavy atom. The van der Waals surface area contributed by atoms with Gasteiger partial charge in [-0.3, -0.25) is 0 Å². The third kappa shape index (κ3) is 4.97. The molecular formula is C41H24N6. The molecule has 6 heteroatoms. The summed E-state index contributed by atoms with van der Waals surface area (Å²) in [6.07, 6.45) is 0. The van der Waals surface area contributed by atoms with Crippen molar-refractivity contribution >= 4 is 21.8 Å². The van der Waals surface area contributed by atoms with Gasteiger partial charge in [-0.25, -0.2) is 15.0 Å². The lowest BCUT2D eigenvalue weighted by Crippen LogP contribution is -2.02. The number of rotatable bonds is 5. The molecule has 0 atom stereocenters. The van der Waals surface area contributed by atoms with Gasteiger partial charge in [-0.15, -0.1) is 0 Å². The van der Waals surface area contributed by atoms with E-state index in [2.05, 4.69) is 47.0 Å². The molecule has 0 aliphatic rings. The lowest BCUT2D eigenvalue weighted by atomic mass is 10.0. The minimum atomic E-state index is 0.521. The van der Waals surface area contributed by atoms with Gasteiger partial charge in [0.1, 0.15) is 6.07 Å². The van der Waals surface area contributed by atoms with E-state index in [0.717, 1.165) is 55.3 Å². The van der Waals surface area contributed by atoms with Gasteiger partial charge >= 0.3 is 0 Å². The molecule has 0 amide bonds. The van der Waals surface area contributed by atoms with E-state index in [-0.39, 0.29) is 0 Å². The first-order valence-corrected chi connectivity index (χ1v) is 15.2. The lowest BCUT2D eigenvalue weighted by molar-refractivity contribution is 1.07. The molecule has 6 nitrogen and oxygen atoms in total. The molecule has 0 radical (unpaired) electrons. The van der Waals surface area contributed by atoms with Gasteiger partial charge in [-0.1, -0.05) is 97.1 Å². The summed E-state index contributed by atoms with van der Waals surface area (Å²) in [7, 11) is 0. The smallest absolute Gasteiger partial charge is 0.164 e. The molecule has 218 valence electrons. The minimum absolute atomic E-state index is 0.521. The molecule has 0 spiro atoms. The van der Waals surface area contributed by atoms with E-state index in [1.165, 1.54) is 0 Å². The van der Waals surface area contributed by atoms with Gasteiger partial charge in [0.2, 0.25) is 0 Å². The van der Waals surface area contributed by atoms with Crippen LogP contribution >= 0.6 is 0 Å². The average molecular weight is 601 g/mol. The fourth-order valence-electron chi connectivity index (χ4n) is 6.04. The molecule has 0 fully saturated rings. The number of para-hydroxylation sites is 1. The summed E-state index contributed by atoms with van der Waals surface area (Å²) in [4.78, 5) is 14.7. The molecule has 0 saturated heterocycles. The summed E-state index contributed by atoms with van der Waals surface area (Å²) in [6, 6.07) is 52.3. The van der Waals surface area contributed by atoms with Crippen molar-refractivity contribution in [1.29, 1.82) is 10.5 Å². The van der Waals surface area contributed by atoms with Crippen LogP contribution in [0.4, 0.5) is 0 Å². The van der Waals surface area contributed by atoms with Crippen molar-refractivity contribution in [2.75, 3.05) is 0 Å². The van der Waals surface area contributed by atoms with Gasteiger partial charge in [0.05, 0.1) is 33.9 Å². The maximum atomic E-state index is 10.3. The zero-order chi connectivity index (χ0) is 31.7. The molecule has 6 aromatic carbocycles. The third-order valence-electron chi connectivity index (χ3n) is 8.34. The quantitative estimate of drug-likeness (QED) is 0.196. The van der Waals surface area contributed by atoms with Gasteiger partial charge in [-0.2, -0.15) is 10.5 Å². The van der Waals surface area contributed by atoms with Gasteiger partial charge < -0.3 is 4.57 Å². The Morgan fingerprint density at radius 2 is 0.979 bits per heavy atom. The van der Waals surface area contributed by atoms with Crippen LogP contribution in [0.3, 0.4) is 0 Å². The number of hydrogen-bond acceptors (Lipinski definition) is 5. The summed E-state index contributed by atoms with van der Waals surface area (Å²) in [5, 5.41) is 21.7. The van der Waals surface area contributed by atoms with Crippen molar-refractivity contribution in [2.45, 2.75) is 0 Å². The summed E-state index contributed by atoms with van der Waals surface area (Å²) in [5.74, 6) is 1.67. The van der Waals surface area contributed by atoms with E-state index in [9.17, 15) is 10.5 Å². The van der Waals surface area contributed by atoms with Crippen LogP contribution in [0.1, 0.15) is 11.1 Å². The highest BCUT2D eigenvalue weighted by atomic mass is 15.0. The second kappa shape index (κ2) is 11.6. The molecule has 8 aromatic rings. The van der Waals surface area contributed by atoms with Crippen molar-refractivity contribution < 1.29 is 0 Å². The molecule has 47 heavy (non-hydrogen) atoms. The standard InChI is InChI=1S/C41H24N6/c42-25-27-15-17-28(18-16-27)31-21-22-37-35(23-31)34-13-7-8-14-36(34)47(37)38-24-32(19-20-33(38)26-43)41-45-39(29-9-3-1-4-10-29)44-40(46-41)30-11-5-2-6-12-30/h1-24H. The van der Waals surface area contributed by atoms with Gasteiger partial charge in [0, 0.05) is 27.5 Å². The number of nitriles is 2. The molecule has 2 aromatic heterocycles. The van der Waals surface area contributed by atoms with Crippen LogP contribution in [0.25, 0.3) is 72.8 Å². The molecule has 0 unspecified atom stereocenters. The molecule has 0 aliphatic heterocycles. The Bertz CT molecular complexity index is 2460. The van der Waals surface area contributed by atoms with Crippen LogP contribution in [-0.2, 0) is 0 Å². The Balaban J connectivity index is 1.33. The topological polar surface area (TPSA) is 91.2 Å². The fraction of sp³-hybridized carbons (Fsp3) is 0. The van der Waals surface area contributed by atoms with Crippen LogP contribution < -0.4 is 0 Å². The monoisotopic (exact) mass is 600 g/mol. The molecule has 8 rings (SSSR count). The molecule has 0 aliphatic carbocycles. The van der Waals surface area contributed by atoms with Crippen molar-refractivity contribution in [3.8, 4) is 63.1 Å². The van der Waals surface area contributed by atoms with E-state index in [0.29, 0.717) is 28.6 Å². The molecule has 2 heterocycles. The second-order valence-corrected chi connectivity index (χ2v) is 11.2. The Morgan fingerprint density at radius 3 is 1.62 bits per heavy atom. The lowest BCUT2D eigenvalue weighted by Gasteiger charge is -2.13. The number of hydrogen-bond donors (Lipinski definition) is 0. The molecule has 0 bridgehead atoms. The average Bonchev–Trinajstić information content (AvgIpc) is 3.48. The Labute approximate surface area is 271 Å². The van der Waals surface area contributed by atoms with Gasteiger partial charge in [0.25, 0.3) is 0 Å². The predicted molar refractivity (Wildman–Crippen MR) is 185 cm³/mol. The zero-order valence-electron chi connectivity index (χ0n) is 25.0. The van der Waals surface area contributed by atoms with Crippen LogP contribution in [0.2, 0.25) is 0 Å². The van der Waals surface area contributed by atoms with Crippen molar-refractivity contribution in [3.05, 3.63) is 157 Å². The summed E-state index contributed by atoms with van der Waals surface area (Å²) in [6.45, 7) is 0. The van der Waals surface area contributed by atoms with Gasteiger partial charge in [-0.05, 0) is 59.7 Å². The fourth-order valence-corrected chi connectivity index (χ4v) is 6.04. The van der Waals surface area contributed by atoms with Gasteiger partial charge in [0.15, 0.2) is 17.5 Å². The first-order valence-electron chi connectivity index (χ1n) is 15.2. The number of aromatic nitrogens is 4. The SMILES string of the molecule is N#Cc1ccc(-c2ccc3c(c2)c2ccccc2n3-c2cc(-c3nc(-c4ccccc4)nc(-c4ccccc4)n3)ccc2C#N)cc1. The first-order chi connectivity index (χ1) is 23.2. The zero-order valence-corrected chi connectivity index (χ0v) is 25.0. The van der Waals surface area contributed by atoms with Crippen molar-refractivity contribution in [1.82, 2.24) is 19.5 Å². The van der Waals surface area contributed by atoms with Crippen LogP contribution in [0, 0.1) is 22.7 Å². The molecule has 0 saturated carbocycles. The number of benzene rings is 6. The molecule has 0 N–H and O–H groups in total. The second-order valence-electron chi connectivity index (χ2n) is 11.2. The van der Waals surface area contributed by atoms with E-state index in [4.69, 9.17) is 15.0 Å². The Kier molecular flexibility index (Phi) is 6.80. The number of nitrogens with zero attached hydrogens (tertiary/aromatic N) is 6. The summed E-state index contributed by atoms with van der Waals surface area (Å²) in [5.41, 5.74) is 8.49. The first kappa shape index (κ1) is 27.6.